The zero-order chi connectivity index (χ0) is 24.5. The molecular weight excluding hydrogens is 459 g/mol. The number of hydrogen-bond acceptors (Lipinski definition) is 5. The van der Waals surface area contributed by atoms with Crippen LogP contribution in [0.1, 0.15) is 24.5 Å². The van der Waals surface area contributed by atoms with E-state index in [1.165, 1.54) is 17.8 Å². The van der Waals surface area contributed by atoms with Gasteiger partial charge in [0.15, 0.2) is 0 Å². The molecule has 0 aliphatic carbocycles. The number of nitrogens with zero attached hydrogens (tertiary/aromatic N) is 3. The lowest BCUT2D eigenvalue weighted by atomic mass is 9.90. The minimum Gasteiger partial charge on any atom is -0.475 e. The number of hydrogen-bond donors (Lipinski definition) is 1. The predicted octanol–water partition coefficient (Wildman–Crippen LogP) is 5.63. The molecule has 0 amide bonds. The van der Waals surface area contributed by atoms with E-state index in [0.717, 1.165) is 51.5 Å². The molecule has 1 saturated heterocycles. The largest absolute Gasteiger partial charge is 0.475 e. The summed E-state index contributed by atoms with van der Waals surface area (Å²) in [5.41, 5.74) is 6.24. The maximum absolute atomic E-state index is 13.9. The number of methoxy groups -OCH3 is 1. The minimum absolute atomic E-state index is 0.256. The van der Waals surface area contributed by atoms with E-state index in [1.807, 2.05) is 30.6 Å². The Labute approximate surface area is 207 Å². The van der Waals surface area contributed by atoms with Gasteiger partial charge in [-0.25, -0.2) is 9.37 Å². The number of pyridine rings is 1. The van der Waals surface area contributed by atoms with Gasteiger partial charge < -0.3 is 18.8 Å². The van der Waals surface area contributed by atoms with Crippen LogP contribution in [0.15, 0.2) is 60.9 Å². The maximum Gasteiger partial charge on any atom is 0.213 e. The van der Waals surface area contributed by atoms with E-state index in [2.05, 4.69) is 37.9 Å². The monoisotopic (exact) mass is 486 g/mol. The van der Waals surface area contributed by atoms with Crippen LogP contribution in [0.5, 0.6) is 5.88 Å². The number of nitrogens with one attached hydrogen (secondary N) is 1. The Morgan fingerprint density at radius 2 is 1.89 bits per heavy atom. The fourth-order valence-electron chi connectivity index (χ4n) is 5.12. The Morgan fingerprint density at radius 1 is 1.06 bits per heavy atom. The predicted molar refractivity (Wildman–Crippen MR) is 136 cm³/mol. The SMILES string of the molecule is COCCOc1ccc(-c2c(C3CCOCC3)n(-c3ccc(F)cc3)c3cc4cn[nH]c4cc23)cn1. The van der Waals surface area contributed by atoms with E-state index in [9.17, 15) is 4.39 Å². The second-order valence-electron chi connectivity index (χ2n) is 9.01. The third-order valence-electron chi connectivity index (χ3n) is 6.82. The van der Waals surface area contributed by atoms with Gasteiger partial charge in [-0.05, 0) is 55.3 Å². The van der Waals surface area contributed by atoms with E-state index in [0.29, 0.717) is 32.3 Å². The van der Waals surface area contributed by atoms with Gasteiger partial charge in [0.25, 0.3) is 0 Å². The van der Waals surface area contributed by atoms with Crippen molar-refractivity contribution in [3.8, 4) is 22.7 Å². The van der Waals surface area contributed by atoms with Crippen LogP contribution in [0.2, 0.25) is 0 Å². The third-order valence-corrected chi connectivity index (χ3v) is 6.82. The van der Waals surface area contributed by atoms with E-state index < -0.39 is 0 Å². The highest BCUT2D eigenvalue weighted by Gasteiger charge is 2.28. The molecular formula is C28H27FN4O3. The van der Waals surface area contributed by atoms with Gasteiger partial charge in [0.2, 0.25) is 5.88 Å². The summed E-state index contributed by atoms with van der Waals surface area (Å²) in [7, 11) is 1.64. The van der Waals surface area contributed by atoms with Crippen molar-refractivity contribution in [2.75, 3.05) is 33.5 Å². The fraction of sp³-hybridized carbons (Fsp3) is 0.286. The highest BCUT2D eigenvalue weighted by molar-refractivity contribution is 6.05. The molecule has 0 bridgehead atoms. The standard InChI is InChI=1S/C28H27FN4O3/c1-34-12-13-36-26-7-2-19(16-30-26)27-23-15-24-20(17-31-32-24)14-25(23)33(22-5-3-21(29)4-6-22)28(27)18-8-10-35-11-9-18/h2-7,14-18H,8-13H2,1H3,(H,31,32). The molecule has 3 aromatic heterocycles. The van der Waals surface area contributed by atoms with Crippen molar-refractivity contribution in [1.29, 1.82) is 0 Å². The first-order valence-electron chi connectivity index (χ1n) is 12.2. The number of aromatic nitrogens is 4. The second kappa shape index (κ2) is 9.72. The van der Waals surface area contributed by atoms with Crippen molar-refractivity contribution in [3.05, 3.63) is 72.4 Å². The molecule has 0 saturated carbocycles. The lowest BCUT2D eigenvalue weighted by molar-refractivity contribution is 0.0843. The smallest absolute Gasteiger partial charge is 0.213 e. The molecule has 4 heterocycles. The van der Waals surface area contributed by atoms with Gasteiger partial charge in [0, 0.05) is 71.8 Å². The summed E-state index contributed by atoms with van der Waals surface area (Å²) >= 11 is 0. The van der Waals surface area contributed by atoms with E-state index in [1.54, 1.807) is 7.11 Å². The number of rotatable bonds is 7. The molecule has 1 aliphatic heterocycles. The molecule has 8 heteroatoms. The summed E-state index contributed by atoms with van der Waals surface area (Å²) in [6, 6.07) is 15.0. The number of ether oxygens (including phenoxy) is 3. The van der Waals surface area contributed by atoms with Gasteiger partial charge in [0.1, 0.15) is 12.4 Å². The van der Waals surface area contributed by atoms with Crippen LogP contribution >= 0.6 is 0 Å². The Kier molecular flexibility index (Phi) is 6.13. The summed E-state index contributed by atoms with van der Waals surface area (Å²) in [6.07, 6.45) is 5.52. The van der Waals surface area contributed by atoms with Crippen molar-refractivity contribution < 1.29 is 18.6 Å². The first kappa shape index (κ1) is 22.7. The first-order chi connectivity index (χ1) is 17.7. The van der Waals surface area contributed by atoms with Crippen LogP contribution in [-0.2, 0) is 9.47 Å². The van der Waals surface area contributed by atoms with E-state index in [-0.39, 0.29) is 11.7 Å². The number of H-pyrrole nitrogens is 1. The van der Waals surface area contributed by atoms with Crippen molar-refractivity contribution in [2.45, 2.75) is 18.8 Å². The van der Waals surface area contributed by atoms with E-state index in [4.69, 9.17) is 14.2 Å². The van der Waals surface area contributed by atoms with Gasteiger partial charge in [-0.1, -0.05) is 0 Å². The Morgan fingerprint density at radius 3 is 2.64 bits per heavy atom. The molecule has 184 valence electrons. The second-order valence-corrected chi connectivity index (χ2v) is 9.01. The van der Waals surface area contributed by atoms with Crippen LogP contribution in [0.4, 0.5) is 4.39 Å². The molecule has 36 heavy (non-hydrogen) atoms. The van der Waals surface area contributed by atoms with Gasteiger partial charge in [-0.3, -0.25) is 5.10 Å². The van der Waals surface area contributed by atoms with Gasteiger partial charge in [-0.15, -0.1) is 0 Å². The molecule has 5 aromatic rings. The Balaban J connectivity index is 1.60. The highest BCUT2D eigenvalue weighted by Crippen LogP contribution is 2.44. The first-order valence-corrected chi connectivity index (χ1v) is 12.2. The lowest BCUT2D eigenvalue weighted by Gasteiger charge is -2.25. The maximum atomic E-state index is 13.9. The molecule has 0 radical (unpaired) electrons. The number of benzene rings is 2. The van der Waals surface area contributed by atoms with Crippen molar-refractivity contribution in [3.63, 3.8) is 0 Å². The van der Waals surface area contributed by atoms with Crippen molar-refractivity contribution >= 4 is 21.8 Å². The molecule has 7 nitrogen and oxygen atoms in total. The zero-order valence-electron chi connectivity index (χ0n) is 20.0. The van der Waals surface area contributed by atoms with Crippen LogP contribution in [0, 0.1) is 5.82 Å². The highest BCUT2D eigenvalue weighted by atomic mass is 19.1. The molecule has 1 N–H and O–H groups in total. The molecule has 6 rings (SSSR count). The van der Waals surface area contributed by atoms with Crippen LogP contribution < -0.4 is 4.74 Å². The molecule has 0 unspecified atom stereocenters. The number of halogens is 1. The zero-order valence-corrected chi connectivity index (χ0v) is 20.0. The molecule has 0 atom stereocenters. The van der Waals surface area contributed by atoms with Crippen molar-refractivity contribution in [1.82, 2.24) is 19.7 Å². The van der Waals surface area contributed by atoms with E-state index >= 15 is 0 Å². The summed E-state index contributed by atoms with van der Waals surface area (Å²) in [6.45, 7) is 2.37. The molecule has 0 spiro atoms. The normalized spacial score (nSPS) is 14.6. The van der Waals surface area contributed by atoms with Gasteiger partial charge >= 0.3 is 0 Å². The lowest BCUT2D eigenvalue weighted by Crippen LogP contribution is -2.17. The molecule has 1 fully saturated rings. The topological polar surface area (TPSA) is 74.2 Å². The number of fused-ring (bicyclic) bond motifs is 2. The molecule has 1 aliphatic rings. The fourth-order valence-corrected chi connectivity index (χ4v) is 5.12. The summed E-state index contributed by atoms with van der Waals surface area (Å²) in [4.78, 5) is 4.58. The minimum atomic E-state index is -0.256. The van der Waals surface area contributed by atoms with Gasteiger partial charge in [0.05, 0.1) is 23.8 Å². The average Bonchev–Trinajstić information content (AvgIpc) is 3.51. The van der Waals surface area contributed by atoms with Crippen molar-refractivity contribution in [2.24, 2.45) is 0 Å². The Bertz CT molecular complexity index is 1490. The molecule has 2 aromatic carbocycles. The quantitative estimate of drug-likeness (QED) is 0.302. The summed E-state index contributed by atoms with van der Waals surface area (Å²) in [5.74, 6) is 0.579. The summed E-state index contributed by atoms with van der Waals surface area (Å²) < 4.78 is 32.6. The van der Waals surface area contributed by atoms with Crippen LogP contribution in [-0.4, -0.2) is 53.3 Å². The van der Waals surface area contributed by atoms with Gasteiger partial charge in [-0.2, -0.15) is 5.10 Å². The van der Waals surface area contributed by atoms with Crippen LogP contribution in [0.25, 0.3) is 38.6 Å². The Hall–Kier alpha value is -3.75. The summed E-state index contributed by atoms with van der Waals surface area (Å²) in [5, 5.41) is 9.46. The average molecular weight is 487 g/mol. The number of aromatic amines is 1. The third kappa shape index (κ3) is 4.12. The van der Waals surface area contributed by atoms with Crippen LogP contribution in [0.3, 0.4) is 0 Å².